The molecule has 0 spiro atoms. The van der Waals surface area contributed by atoms with Crippen molar-refractivity contribution < 1.29 is 19.4 Å². The molecule has 9 heteroatoms. The lowest BCUT2D eigenvalue weighted by Crippen LogP contribution is -2.52. The zero-order chi connectivity index (χ0) is 19.8. The number of carbonyl (C=O) groups excluding carboxylic acids is 1. The number of aliphatic hydroxyl groups excluding tert-OH is 1. The lowest BCUT2D eigenvalue weighted by atomic mass is 9.97. The first kappa shape index (κ1) is 20.2. The smallest absolute Gasteiger partial charge is 0.319 e. The monoisotopic (exact) mass is 389 g/mol. The molecule has 1 aliphatic rings. The van der Waals surface area contributed by atoms with Crippen molar-refractivity contribution in [2.45, 2.75) is 50.7 Å². The molecule has 0 radical (unpaired) electrons. The molecule has 3 atom stereocenters. The van der Waals surface area contributed by atoms with E-state index < -0.39 is 6.10 Å². The fraction of sp³-hybridized carbons (Fsp3) is 0.526. The van der Waals surface area contributed by atoms with Gasteiger partial charge in [-0.3, -0.25) is 4.68 Å². The average molecular weight is 389 g/mol. The molecule has 0 bridgehead atoms. The maximum atomic E-state index is 12.2. The predicted molar refractivity (Wildman–Crippen MR) is 103 cm³/mol. The Morgan fingerprint density at radius 2 is 2.18 bits per heavy atom. The van der Waals surface area contributed by atoms with Crippen LogP contribution in [0.4, 0.5) is 10.5 Å². The molecule has 1 aliphatic heterocycles. The Labute approximate surface area is 164 Å². The summed E-state index contributed by atoms with van der Waals surface area (Å²) in [6.45, 7) is 0.963. The molecule has 9 nitrogen and oxygen atoms in total. The van der Waals surface area contributed by atoms with Gasteiger partial charge in [0.25, 0.3) is 0 Å². The molecule has 0 unspecified atom stereocenters. The summed E-state index contributed by atoms with van der Waals surface area (Å²) < 4.78 is 12.8. The van der Waals surface area contributed by atoms with E-state index in [9.17, 15) is 9.90 Å². The first-order valence-corrected chi connectivity index (χ1v) is 9.44. The first-order valence-electron chi connectivity index (χ1n) is 9.44. The largest absolute Gasteiger partial charge is 0.394 e. The van der Waals surface area contributed by atoms with Gasteiger partial charge in [-0.1, -0.05) is 23.4 Å². The minimum absolute atomic E-state index is 0.00228. The second-order valence-corrected chi connectivity index (χ2v) is 6.82. The van der Waals surface area contributed by atoms with Crippen molar-refractivity contribution in [3.63, 3.8) is 0 Å². The van der Waals surface area contributed by atoms with Gasteiger partial charge in [-0.05, 0) is 31.4 Å². The number of ether oxygens (including phenoxy) is 2. The van der Waals surface area contributed by atoms with Crippen LogP contribution in [-0.2, 0) is 22.6 Å². The van der Waals surface area contributed by atoms with E-state index >= 15 is 0 Å². The summed E-state index contributed by atoms with van der Waals surface area (Å²) in [5.74, 6) is 0. The predicted octanol–water partition coefficient (Wildman–Crippen LogP) is 1.54. The standard InChI is InChI=1S/C19H27N5O4/c1-27-13-15-11-24(23-22-15)10-9-16-7-8-17(18(12-25)28-16)21-19(26)20-14-5-3-2-4-6-14/h2-6,11,16-18,25H,7-10,12-13H2,1H3,(H2,20,21,26)/t16-,17-,18-/m1/s1. The van der Waals surface area contributed by atoms with E-state index in [0.29, 0.717) is 13.2 Å². The molecule has 0 aliphatic carbocycles. The Hall–Kier alpha value is -2.49. The Morgan fingerprint density at radius 1 is 1.36 bits per heavy atom. The van der Waals surface area contributed by atoms with Crippen molar-refractivity contribution in [1.82, 2.24) is 20.3 Å². The summed E-state index contributed by atoms with van der Waals surface area (Å²) in [4.78, 5) is 12.2. The van der Waals surface area contributed by atoms with Crippen LogP contribution in [-0.4, -0.2) is 58.1 Å². The minimum atomic E-state index is -0.430. The molecule has 0 saturated carbocycles. The number of carbonyl (C=O) groups is 1. The number of aryl methyl sites for hydroxylation is 1. The summed E-state index contributed by atoms with van der Waals surface area (Å²) in [5, 5.41) is 23.5. The van der Waals surface area contributed by atoms with Crippen molar-refractivity contribution >= 4 is 11.7 Å². The van der Waals surface area contributed by atoms with Gasteiger partial charge in [0.15, 0.2) is 0 Å². The highest BCUT2D eigenvalue weighted by molar-refractivity contribution is 5.89. The van der Waals surface area contributed by atoms with Gasteiger partial charge in [0.2, 0.25) is 0 Å². The molecule has 28 heavy (non-hydrogen) atoms. The third-order valence-corrected chi connectivity index (χ3v) is 4.70. The molecular weight excluding hydrogens is 362 g/mol. The molecule has 1 aromatic heterocycles. The number of aromatic nitrogens is 3. The molecule has 2 heterocycles. The van der Waals surface area contributed by atoms with Gasteiger partial charge < -0.3 is 25.2 Å². The van der Waals surface area contributed by atoms with Crippen LogP contribution in [0.3, 0.4) is 0 Å². The fourth-order valence-electron chi connectivity index (χ4n) is 3.30. The second-order valence-electron chi connectivity index (χ2n) is 6.82. The van der Waals surface area contributed by atoms with E-state index in [2.05, 4.69) is 20.9 Å². The summed E-state index contributed by atoms with van der Waals surface area (Å²) in [6, 6.07) is 8.70. The van der Waals surface area contributed by atoms with Gasteiger partial charge in [-0.15, -0.1) is 5.10 Å². The quantitative estimate of drug-likeness (QED) is 0.632. The summed E-state index contributed by atoms with van der Waals surface area (Å²) in [6.07, 6.45) is 3.72. The average Bonchev–Trinajstić information content (AvgIpc) is 3.15. The van der Waals surface area contributed by atoms with Crippen molar-refractivity contribution in [2.24, 2.45) is 0 Å². The van der Waals surface area contributed by atoms with Crippen molar-refractivity contribution in [1.29, 1.82) is 0 Å². The SMILES string of the molecule is COCc1cn(CC[C@H]2CC[C@@H](NC(=O)Nc3ccccc3)[C@@H](CO)O2)nn1. The Balaban J connectivity index is 1.45. The zero-order valence-electron chi connectivity index (χ0n) is 16.0. The van der Waals surface area contributed by atoms with Gasteiger partial charge in [-0.25, -0.2) is 4.79 Å². The number of aliphatic hydroxyl groups is 1. The number of nitrogens with zero attached hydrogens (tertiary/aromatic N) is 3. The van der Waals surface area contributed by atoms with Crippen LogP contribution < -0.4 is 10.6 Å². The Kier molecular flexibility index (Phi) is 7.35. The molecule has 1 saturated heterocycles. The Morgan fingerprint density at radius 3 is 2.93 bits per heavy atom. The molecular formula is C19H27N5O4. The first-order chi connectivity index (χ1) is 13.7. The van der Waals surface area contributed by atoms with Crippen LogP contribution in [0.1, 0.15) is 25.0 Å². The number of anilines is 1. The summed E-state index contributed by atoms with van der Waals surface area (Å²) in [5.41, 5.74) is 1.50. The Bertz CT molecular complexity index is 739. The number of methoxy groups -OCH3 is 1. The number of hydrogen-bond donors (Lipinski definition) is 3. The van der Waals surface area contributed by atoms with E-state index in [4.69, 9.17) is 9.47 Å². The number of para-hydroxylation sites is 1. The number of urea groups is 1. The fourth-order valence-corrected chi connectivity index (χ4v) is 3.30. The number of amides is 2. The highest BCUT2D eigenvalue weighted by atomic mass is 16.5. The van der Waals surface area contributed by atoms with Crippen molar-refractivity contribution in [2.75, 3.05) is 19.0 Å². The highest BCUT2D eigenvalue weighted by Crippen LogP contribution is 2.22. The summed E-state index contributed by atoms with van der Waals surface area (Å²) in [7, 11) is 1.62. The van der Waals surface area contributed by atoms with Gasteiger partial charge in [0, 0.05) is 19.3 Å². The molecule has 152 valence electrons. The molecule has 2 amide bonds. The maximum Gasteiger partial charge on any atom is 0.319 e. The number of hydrogen-bond acceptors (Lipinski definition) is 6. The topological polar surface area (TPSA) is 111 Å². The van der Waals surface area contributed by atoms with Crippen LogP contribution in [0.2, 0.25) is 0 Å². The number of benzene rings is 1. The highest BCUT2D eigenvalue weighted by Gasteiger charge is 2.31. The van der Waals surface area contributed by atoms with E-state index in [-0.39, 0.29) is 24.8 Å². The van der Waals surface area contributed by atoms with Gasteiger partial charge in [0.05, 0.1) is 31.6 Å². The molecule has 2 aromatic rings. The van der Waals surface area contributed by atoms with Gasteiger partial charge in [-0.2, -0.15) is 0 Å². The second kappa shape index (κ2) is 10.2. The third-order valence-electron chi connectivity index (χ3n) is 4.70. The van der Waals surface area contributed by atoms with Crippen molar-refractivity contribution in [3.05, 3.63) is 42.2 Å². The van der Waals surface area contributed by atoms with E-state index in [0.717, 1.165) is 30.6 Å². The minimum Gasteiger partial charge on any atom is -0.394 e. The molecule has 3 rings (SSSR count). The van der Waals surface area contributed by atoms with Crippen LogP contribution in [0.15, 0.2) is 36.5 Å². The lowest BCUT2D eigenvalue weighted by Gasteiger charge is -2.36. The van der Waals surface area contributed by atoms with E-state index in [1.807, 2.05) is 36.5 Å². The van der Waals surface area contributed by atoms with Crippen LogP contribution in [0, 0.1) is 0 Å². The van der Waals surface area contributed by atoms with E-state index in [1.54, 1.807) is 11.8 Å². The van der Waals surface area contributed by atoms with Gasteiger partial charge >= 0.3 is 6.03 Å². The normalized spacial score (nSPS) is 22.0. The maximum absolute atomic E-state index is 12.2. The van der Waals surface area contributed by atoms with Crippen LogP contribution in [0.5, 0.6) is 0 Å². The van der Waals surface area contributed by atoms with Crippen LogP contribution in [0.25, 0.3) is 0 Å². The summed E-state index contributed by atoms with van der Waals surface area (Å²) >= 11 is 0. The molecule has 1 aromatic carbocycles. The van der Waals surface area contributed by atoms with Crippen LogP contribution >= 0.6 is 0 Å². The van der Waals surface area contributed by atoms with E-state index in [1.165, 1.54) is 0 Å². The number of rotatable bonds is 8. The van der Waals surface area contributed by atoms with Gasteiger partial charge in [0.1, 0.15) is 11.8 Å². The third kappa shape index (κ3) is 5.75. The number of nitrogens with one attached hydrogen (secondary N) is 2. The van der Waals surface area contributed by atoms with Crippen molar-refractivity contribution in [3.8, 4) is 0 Å². The molecule has 1 fully saturated rings. The zero-order valence-corrected chi connectivity index (χ0v) is 16.0. The molecule has 3 N–H and O–H groups in total. The lowest BCUT2D eigenvalue weighted by molar-refractivity contribution is -0.0905.